The van der Waals surface area contributed by atoms with E-state index < -0.39 is 24.7 Å². The van der Waals surface area contributed by atoms with Crippen LogP contribution in [-0.2, 0) is 26.8 Å². The van der Waals surface area contributed by atoms with Crippen LogP contribution in [0.5, 0.6) is 5.75 Å². The lowest BCUT2D eigenvalue weighted by Crippen LogP contribution is -2.52. The number of fused-ring (bicyclic) bond motifs is 3. The van der Waals surface area contributed by atoms with Gasteiger partial charge in [-0.1, -0.05) is 53.7 Å². The molecular weight excluding hydrogens is 427 g/mol. The van der Waals surface area contributed by atoms with Crippen molar-refractivity contribution >= 4 is 13.9 Å². The Morgan fingerprint density at radius 1 is 1.12 bits per heavy atom. The second kappa shape index (κ2) is 8.54. The number of phenols is 1. The van der Waals surface area contributed by atoms with Crippen molar-refractivity contribution in [3.8, 4) is 5.75 Å². The highest BCUT2D eigenvalue weighted by Crippen LogP contribution is 2.68. The first-order valence-electron chi connectivity index (χ1n) is 11.5. The minimum Gasteiger partial charge on any atom is -0.507 e. The third-order valence-electron chi connectivity index (χ3n) is 6.87. The zero-order valence-electron chi connectivity index (χ0n) is 20.2. The number of hydrogen-bond acceptors (Lipinski definition) is 6. The van der Waals surface area contributed by atoms with Crippen LogP contribution >= 0.6 is 7.92 Å². The monoisotopic (exact) mass is 466 g/mol. The molecule has 0 amide bonds. The van der Waals surface area contributed by atoms with Crippen molar-refractivity contribution in [2.24, 2.45) is 5.41 Å². The molecule has 2 bridgehead atoms. The van der Waals surface area contributed by atoms with Crippen LogP contribution in [0, 0.1) is 5.41 Å². The molecule has 1 aromatic rings. The molecule has 3 unspecified atom stereocenters. The molecule has 32 heavy (non-hydrogen) atoms. The van der Waals surface area contributed by atoms with Crippen LogP contribution in [0.25, 0.3) is 0 Å². The van der Waals surface area contributed by atoms with E-state index in [4.69, 9.17) is 4.74 Å². The van der Waals surface area contributed by atoms with Crippen LogP contribution in [0.2, 0.25) is 0 Å². The van der Waals surface area contributed by atoms with Gasteiger partial charge in [0, 0.05) is 18.3 Å². The number of aryl methyl sites for hydroxylation is 1. The molecule has 3 heterocycles. The Labute approximate surface area is 192 Å². The van der Waals surface area contributed by atoms with E-state index in [0.29, 0.717) is 24.8 Å². The van der Waals surface area contributed by atoms with E-state index in [1.807, 2.05) is 12.1 Å². The number of aliphatic hydroxyl groups excluding tert-OH is 1. The minimum absolute atomic E-state index is 0.102. The van der Waals surface area contributed by atoms with Crippen LogP contribution in [0.1, 0.15) is 83.9 Å². The molecule has 1 aromatic carbocycles. The maximum Gasteiger partial charge on any atom is 0.306 e. The van der Waals surface area contributed by atoms with Gasteiger partial charge in [0.2, 0.25) is 0 Å². The number of benzene rings is 1. The fourth-order valence-corrected chi connectivity index (χ4v) is 8.00. The lowest BCUT2D eigenvalue weighted by Gasteiger charge is -2.54. The first-order valence-corrected chi connectivity index (χ1v) is 13.1. The summed E-state index contributed by atoms with van der Waals surface area (Å²) in [6.45, 7) is 12.5. The number of ether oxygens (including phenoxy) is 1. The van der Waals surface area contributed by atoms with E-state index in [1.54, 1.807) is 0 Å². The van der Waals surface area contributed by atoms with Crippen molar-refractivity contribution < 1.29 is 30.0 Å². The molecule has 0 aromatic heterocycles. The summed E-state index contributed by atoms with van der Waals surface area (Å²) in [7, 11) is -1.23. The lowest BCUT2D eigenvalue weighted by atomic mass is 9.78. The Morgan fingerprint density at radius 2 is 1.69 bits per heavy atom. The summed E-state index contributed by atoms with van der Waals surface area (Å²) in [4.78, 5) is 12.5. The molecule has 7 heteroatoms. The number of phenolic OH excluding ortho intramolecular Hbond substituents is 1. The predicted octanol–water partition coefficient (Wildman–Crippen LogP) is 4.09. The predicted molar refractivity (Wildman–Crippen MR) is 126 cm³/mol. The highest BCUT2D eigenvalue weighted by atomic mass is 31.1. The van der Waals surface area contributed by atoms with Gasteiger partial charge in [0.25, 0.3) is 0 Å². The summed E-state index contributed by atoms with van der Waals surface area (Å²) in [5.74, 6) is -0.735. The second-order valence-electron chi connectivity index (χ2n) is 11.8. The van der Waals surface area contributed by atoms with Gasteiger partial charge in [0.15, 0.2) is 5.53 Å². The van der Waals surface area contributed by atoms with E-state index in [1.165, 1.54) is 0 Å². The van der Waals surface area contributed by atoms with Crippen molar-refractivity contribution in [3.63, 3.8) is 0 Å². The average molecular weight is 467 g/mol. The highest BCUT2D eigenvalue weighted by Gasteiger charge is 2.57. The average Bonchev–Trinajstić information content (AvgIpc) is 2.62. The Kier molecular flexibility index (Phi) is 6.78. The molecule has 3 atom stereocenters. The second-order valence-corrected chi connectivity index (χ2v) is 14.5. The van der Waals surface area contributed by atoms with E-state index in [2.05, 4.69) is 41.5 Å². The Bertz CT molecular complexity index is 831. The zero-order chi connectivity index (χ0) is 24.1. The summed E-state index contributed by atoms with van der Waals surface area (Å²) in [6.07, 6.45) is 2.63. The maximum atomic E-state index is 12.5. The fourth-order valence-electron chi connectivity index (χ4n) is 5.01. The molecule has 3 saturated heterocycles. The first kappa shape index (κ1) is 25.4. The SMILES string of the molecule is CC(C)(C)c1cc(CCC(=O)OCC23CCP(C(O)C2)C(O)(O)C3)cc(C(C)(C)C)c1O. The maximum absolute atomic E-state index is 12.5. The van der Waals surface area contributed by atoms with Gasteiger partial charge < -0.3 is 25.2 Å². The number of aliphatic hydroxyl groups is 3. The van der Waals surface area contributed by atoms with Crippen molar-refractivity contribution in [1.29, 1.82) is 0 Å². The minimum atomic E-state index is -1.84. The molecule has 0 saturated carbocycles. The van der Waals surface area contributed by atoms with Gasteiger partial charge in [-0.2, -0.15) is 0 Å². The summed E-state index contributed by atoms with van der Waals surface area (Å²) < 4.78 is 5.57. The first-order chi connectivity index (χ1) is 14.5. The van der Waals surface area contributed by atoms with Gasteiger partial charge in [0.1, 0.15) is 5.75 Å². The van der Waals surface area contributed by atoms with Crippen LogP contribution in [-0.4, -0.2) is 50.5 Å². The van der Waals surface area contributed by atoms with E-state index in [-0.39, 0.29) is 36.2 Å². The Morgan fingerprint density at radius 3 is 2.16 bits per heavy atom. The van der Waals surface area contributed by atoms with Crippen LogP contribution in [0.15, 0.2) is 12.1 Å². The number of aromatic hydroxyl groups is 1. The smallest absolute Gasteiger partial charge is 0.306 e. The Balaban J connectivity index is 1.67. The van der Waals surface area contributed by atoms with Gasteiger partial charge in [-0.05, 0) is 60.9 Å². The molecule has 4 N–H and O–H groups in total. The Hall–Kier alpha value is -1.20. The van der Waals surface area contributed by atoms with E-state index >= 15 is 0 Å². The molecule has 4 rings (SSSR count). The molecule has 180 valence electrons. The number of carbonyl (C=O) groups is 1. The summed E-state index contributed by atoms with van der Waals surface area (Å²) in [5, 5.41) is 41.7. The lowest BCUT2D eigenvalue weighted by molar-refractivity contribution is -0.164. The van der Waals surface area contributed by atoms with Crippen molar-refractivity contribution in [1.82, 2.24) is 0 Å². The van der Waals surface area contributed by atoms with Crippen molar-refractivity contribution in [2.45, 2.75) is 95.8 Å². The molecule has 0 spiro atoms. The van der Waals surface area contributed by atoms with Gasteiger partial charge in [-0.25, -0.2) is 0 Å². The normalized spacial score (nSPS) is 27.4. The summed E-state index contributed by atoms with van der Waals surface area (Å²) in [5.41, 5.74) is -0.155. The number of rotatable bonds is 5. The van der Waals surface area contributed by atoms with Crippen molar-refractivity contribution in [3.05, 3.63) is 28.8 Å². The zero-order valence-corrected chi connectivity index (χ0v) is 21.1. The molecule has 0 radical (unpaired) electrons. The number of hydrogen-bond donors (Lipinski definition) is 4. The van der Waals surface area contributed by atoms with Gasteiger partial charge in [0.05, 0.1) is 12.5 Å². The third-order valence-corrected chi connectivity index (χ3v) is 9.56. The molecule has 6 nitrogen and oxygen atoms in total. The summed E-state index contributed by atoms with van der Waals surface area (Å²) >= 11 is 0. The highest BCUT2D eigenvalue weighted by molar-refractivity contribution is 7.59. The number of carbonyl (C=O) groups excluding carboxylic acids is 1. The summed E-state index contributed by atoms with van der Waals surface area (Å²) in [6, 6.07) is 3.95. The molecule has 0 aliphatic carbocycles. The largest absolute Gasteiger partial charge is 0.507 e. The van der Waals surface area contributed by atoms with Gasteiger partial charge in [-0.3, -0.25) is 4.79 Å². The van der Waals surface area contributed by atoms with Crippen molar-refractivity contribution in [2.75, 3.05) is 12.8 Å². The van der Waals surface area contributed by atoms with Crippen LogP contribution in [0.3, 0.4) is 0 Å². The number of esters is 1. The fraction of sp³-hybridized carbons (Fsp3) is 0.720. The van der Waals surface area contributed by atoms with Crippen LogP contribution < -0.4 is 0 Å². The molecule has 3 fully saturated rings. The molecule has 3 aliphatic rings. The van der Waals surface area contributed by atoms with E-state index in [9.17, 15) is 25.2 Å². The molecular formula is C25H39O6P. The van der Waals surface area contributed by atoms with E-state index in [0.717, 1.165) is 23.1 Å². The molecule has 3 aliphatic heterocycles. The topological polar surface area (TPSA) is 107 Å². The van der Waals surface area contributed by atoms with Gasteiger partial charge >= 0.3 is 5.97 Å². The third kappa shape index (κ3) is 5.30. The van der Waals surface area contributed by atoms with Crippen LogP contribution in [0.4, 0.5) is 0 Å². The van der Waals surface area contributed by atoms with Gasteiger partial charge in [-0.15, -0.1) is 0 Å². The standard InChI is InChI=1S/C25H39O6P/c1-22(2,3)17-11-16(12-18(21(17)28)23(4,5)6)7-8-19(26)31-15-24-9-10-32(20(27)13-24)25(29,30)14-24/h11-12,20,27-30H,7-10,13-15H2,1-6H3. The quantitative estimate of drug-likeness (QED) is 0.296.